The molecule has 3 heterocycles. The Kier molecular flexibility index (Phi) is 5.67. The fourth-order valence-corrected chi connectivity index (χ4v) is 3.08. The highest BCUT2D eigenvalue weighted by Crippen LogP contribution is 2.16. The predicted molar refractivity (Wildman–Crippen MR) is 104 cm³/mol. The maximum Gasteiger partial charge on any atom is 0.410 e. The minimum atomic E-state index is -0.508. The Hall–Kier alpha value is -2.90. The molecule has 1 aliphatic heterocycles. The number of nitrogens with zero attached hydrogens (tertiary/aromatic N) is 4. The molecular weight excluding hydrogens is 358 g/mol. The van der Waals surface area contributed by atoms with Gasteiger partial charge in [-0.15, -0.1) is 0 Å². The zero-order valence-corrected chi connectivity index (χ0v) is 16.8. The maximum absolute atomic E-state index is 12.7. The Labute approximate surface area is 164 Å². The minimum absolute atomic E-state index is 0.00481. The fourth-order valence-electron chi connectivity index (χ4n) is 3.08. The van der Waals surface area contributed by atoms with Crippen molar-refractivity contribution in [2.75, 3.05) is 13.1 Å². The molecule has 0 aliphatic carbocycles. The van der Waals surface area contributed by atoms with Crippen molar-refractivity contribution in [1.82, 2.24) is 24.8 Å². The number of rotatable bonds is 3. The van der Waals surface area contributed by atoms with Crippen LogP contribution in [-0.4, -0.2) is 56.2 Å². The van der Waals surface area contributed by atoms with Crippen molar-refractivity contribution in [3.05, 3.63) is 42.1 Å². The summed E-state index contributed by atoms with van der Waals surface area (Å²) in [5, 5.41) is 3.04. The Morgan fingerprint density at radius 1 is 1.21 bits per heavy atom. The first-order chi connectivity index (χ1) is 13.2. The lowest BCUT2D eigenvalue weighted by Crippen LogP contribution is -2.47. The average Bonchev–Trinajstić information content (AvgIpc) is 3.15. The van der Waals surface area contributed by atoms with Gasteiger partial charge in [-0.1, -0.05) is 0 Å². The highest BCUT2D eigenvalue weighted by molar-refractivity contribution is 5.92. The van der Waals surface area contributed by atoms with E-state index in [1.165, 1.54) is 0 Å². The second kappa shape index (κ2) is 8.00. The number of carbonyl (C=O) groups is 2. The SMILES string of the molecule is Cc1cc(C(=O)NC2CCN(C(=O)OC(C)(C)C)CC2)nc(-n2ccnc2)c1. The van der Waals surface area contributed by atoms with Crippen LogP contribution in [0.1, 0.15) is 49.7 Å². The van der Waals surface area contributed by atoms with Gasteiger partial charge in [-0.05, 0) is 58.2 Å². The third-order valence-electron chi connectivity index (χ3n) is 4.44. The Morgan fingerprint density at radius 3 is 2.54 bits per heavy atom. The Balaban J connectivity index is 1.59. The molecule has 3 rings (SSSR count). The van der Waals surface area contributed by atoms with Gasteiger partial charge in [0.05, 0.1) is 0 Å². The lowest BCUT2D eigenvalue weighted by Gasteiger charge is -2.33. The summed E-state index contributed by atoms with van der Waals surface area (Å²) >= 11 is 0. The average molecular weight is 385 g/mol. The molecule has 0 unspecified atom stereocenters. The van der Waals surface area contributed by atoms with Crippen molar-refractivity contribution in [3.8, 4) is 5.82 Å². The van der Waals surface area contributed by atoms with E-state index in [1.54, 1.807) is 34.3 Å². The van der Waals surface area contributed by atoms with Crippen LogP contribution in [0.5, 0.6) is 0 Å². The largest absolute Gasteiger partial charge is 0.444 e. The van der Waals surface area contributed by atoms with E-state index in [0.29, 0.717) is 37.4 Å². The first kappa shape index (κ1) is 19.9. The first-order valence-electron chi connectivity index (χ1n) is 9.47. The van der Waals surface area contributed by atoms with Crippen LogP contribution in [0.4, 0.5) is 4.79 Å². The number of nitrogens with one attached hydrogen (secondary N) is 1. The smallest absolute Gasteiger partial charge is 0.410 e. The number of hydrogen-bond donors (Lipinski definition) is 1. The third kappa shape index (κ3) is 5.09. The van der Waals surface area contributed by atoms with Crippen LogP contribution in [0.3, 0.4) is 0 Å². The molecule has 8 nitrogen and oxygen atoms in total. The highest BCUT2D eigenvalue weighted by atomic mass is 16.6. The van der Waals surface area contributed by atoms with E-state index < -0.39 is 5.60 Å². The van der Waals surface area contributed by atoms with E-state index >= 15 is 0 Å². The van der Waals surface area contributed by atoms with Crippen molar-refractivity contribution in [2.24, 2.45) is 0 Å². The van der Waals surface area contributed by atoms with Gasteiger partial charge in [-0.2, -0.15) is 0 Å². The zero-order chi connectivity index (χ0) is 20.3. The van der Waals surface area contributed by atoms with E-state index in [1.807, 2.05) is 33.8 Å². The summed E-state index contributed by atoms with van der Waals surface area (Å²) in [6.07, 6.45) is 6.17. The van der Waals surface area contributed by atoms with Crippen LogP contribution in [-0.2, 0) is 4.74 Å². The molecule has 0 radical (unpaired) electrons. The Bertz CT molecular complexity index is 834. The number of piperidine rings is 1. The van der Waals surface area contributed by atoms with Gasteiger partial charge >= 0.3 is 6.09 Å². The van der Waals surface area contributed by atoms with Crippen LogP contribution in [0.25, 0.3) is 5.82 Å². The third-order valence-corrected chi connectivity index (χ3v) is 4.44. The summed E-state index contributed by atoms with van der Waals surface area (Å²) in [6.45, 7) is 8.60. The van der Waals surface area contributed by atoms with E-state index in [2.05, 4.69) is 15.3 Å². The van der Waals surface area contributed by atoms with Gasteiger partial charge in [0.15, 0.2) is 0 Å². The molecule has 0 atom stereocenters. The standard InChI is InChI=1S/C20H27N5O3/c1-14-11-16(23-17(12-14)25-10-7-21-13-25)18(26)22-15-5-8-24(9-6-15)19(27)28-20(2,3)4/h7,10-13,15H,5-6,8-9H2,1-4H3,(H,22,26). The fraction of sp³-hybridized carbons (Fsp3) is 0.500. The van der Waals surface area contributed by atoms with Gasteiger partial charge in [0.2, 0.25) is 0 Å². The molecule has 2 amide bonds. The van der Waals surface area contributed by atoms with Gasteiger partial charge in [0.1, 0.15) is 23.4 Å². The van der Waals surface area contributed by atoms with E-state index in [9.17, 15) is 9.59 Å². The van der Waals surface area contributed by atoms with Gasteiger partial charge in [0, 0.05) is 31.5 Å². The topological polar surface area (TPSA) is 89.4 Å². The number of carbonyl (C=O) groups excluding carboxylic acids is 2. The second-order valence-corrected chi connectivity index (χ2v) is 8.07. The van der Waals surface area contributed by atoms with Crippen LogP contribution in [0.15, 0.2) is 30.9 Å². The minimum Gasteiger partial charge on any atom is -0.444 e. The van der Waals surface area contributed by atoms with Crippen LogP contribution >= 0.6 is 0 Å². The van der Waals surface area contributed by atoms with Gasteiger partial charge in [-0.3, -0.25) is 9.36 Å². The normalized spacial score (nSPS) is 15.4. The quantitative estimate of drug-likeness (QED) is 0.877. The molecule has 0 bridgehead atoms. The number of ether oxygens (including phenoxy) is 1. The highest BCUT2D eigenvalue weighted by Gasteiger charge is 2.27. The molecular formula is C20H27N5O3. The van der Waals surface area contributed by atoms with Crippen LogP contribution < -0.4 is 5.32 Å². The van der Waals surface area contributed by atoms with E-state index in [-0.39, 0.29) is 18.0 Å². The summed E-state index contributed by atoms with van der Waals surface area (Å²) < 4.78 is 7.17. The van der Waals surface area contributed by atoms with Crippen molar-refractivity contribution >= 4 is 12.0 Å². The van der Waals surface area contributed by atoms with Crippen LogP contribution in [0, 0.1) is 6.92 Å². The number of hydrogen-bond acceptors (Lipinski definition) is 5. The van der Waals surface area contributed by atoms with Gasteiger partial charge in [-0.25, -0.2) is 14.8 Å². The van der Waals surface area contributed by atoms with E-state index in [4.69, 9.17) is 4.74 Å². The summed E-state index contributed by atoms with van der Waals surface area (Å²) in [5.41, 5.74) is 0.813. The van der Waals surface area contributed by atoms with Crippen molar-refractivity contribution in [3.63, 3.8) is 0 Å². The summed E-state index contributed by atoms with van der Waals surface area (Å²) in [7, 11) is 0. The second-order valence-electron chi connectivity index (χ2n) is 8.07. The Morgan fingerprint density at radius 2 is 1.93 bits per heavy atom. The number of pyridine rings is 1. The number of likely N-dealkylation sites (tertiary alicyclic amines) is 1. The van der Waals surface area contributed by atoms with E-state index in [0.717, 1.165) is 5.56 Å². The molecule has 0 spiro atoms. The number of amides is 2. The summed E-state index contributed by atoms with van der Waals surface area (Å²) in [4.78, 5) is 35.0. The summed E-state index contributed by atoms with van der Waals surface area (Å²) in [5.74, 6) is 0.447. The monoisotopic (exact) mass is 385 g/mol. The van der Waals surface area contributed by atoms with Crippen molar-refractivity contribution in [1.29, 1.82) is 0 Å². The first-order valence-corrected chi connectivity index (χ1v) is 9.47. The molecule has 2 aromatic rings. The lowest BCUT2D eigenvalue weighted by molar-refractivity contribution is 0.0199. The lowest BCUT2D eigenvalue weighted by atomic mass is 10.1. The number of imidazole rings is 1. The molecule has 28 heavy (non-hydrogen) atoms. The molecule has 0 saturated carbocycles. The van der Waals surface area contributed by atoms with Crippen LogP contribution in [0.2, 0.25) is 0 Å². The van der Waals surface area contributed by atoms with Gasteiger partial charge < -0.3 is 15.0 Å². The zero-order valence-electron chi connectivity index (χ0n) is 16.8. The van der Waals surface area contributed by atoms with Crippen molar-refractivity contribution < 1.29 is 14.3 Å². The molecule has 150 valence electrons. The molecule has 8 heteroatoms. The molecule has 2 aromatic heterocycles. The molecule has 1 fully saturated rings. The van der Waals surface area contributed by atoms with Gasteiger partial charge in [0.25, 0.3) is 5.91 Å². The predicted octanol–water partition coefficient (Wildman–Crippen LogP) is 2.71. The molecule has 1 N–H and O–H groups in total. The maximum atomic E-state index is 12.7. The molecule has 1 saturated heterocycles. The molecule has 1 aliphatic rings. The van der Waals surface area contributed by atoms with Crippen molar-refractivity contribution in [2.45, 2.75) is 52.2 Å². The number of aromatic nitrogens is 3. The number of aryl methyl sites for hydroxylation is 1. The summed E-state index contributed by atoms with van der Waals surface area (Å²) in [6, 6.07) is 3.67. The molecule has 0 aromatic carbocycles.